The molecule has 3 aromatic rings. The second-order valence-corrected chi connectivity index (χ2v) is 7.73. The molecule has 0 saturated heterocycles. The lowest BCUT2D eigenvalue weighted by molar-refractivity contribution is 0.0955. The maximum Gasteiger partial charge on any atom is 0.253 e. The normalized spacial score (nSPS) is 10.8. The lowest BCUT2D eigenvalue weighted by Crippen LogP contribution is -2.26. The van der Waals surface area contributed by atoms with Crippen LogP contribution in [0.4, 0.5) is 0 Å². The molecule has 1 N–H and O–H groups in total. The van der Waals surface area contributed by atoms with E-state index in [1.807, 2.05) is 50.0 Å². The van der Waals surface area contributed by atoms with E-state index in [9.17, 15) is 4.79 Å². The number of carbonyl (C=O) groups is 1. The number of aryl methyl sites for hydroxylation is 2. The molecule has 0 unspecified atom stereocenters. The molecule has 3 rings (SSSR count). The monoisotopic (exact) mass is 379 g/mol. The summed E-state index contributed by atoms with van der Waals surface area (Å²) < 4.78 is 2.06. The maximum atomic E-state index is 12.6. The van der Waals surface area contributed by atoms with Crippen molar-refractivity contribution in [3.05, 3.63) is 82.9 Å². The van der Waals surface area contributed by atoms with Crippen LogP contribution in [0.2, 0.25) is 0 Å². The molecule has 0 spiro atoms. The number of nitrogens with zero attached hydrogens (tertiary/aromatic N) is 2. The first kappa shape index (κ1) is 19.2. The molecule has 0 aliphatic heterocycles. The van der Waals surface area contributed by atoms with Gasteiger partial charge in [-0.25, -0.2) is 0 Å². The average molecular weight is 380 g/mol. The predicted molar refractivity (Wildman–Crippen MR) is 113 cm³/mol. The number of amides is 1. The Balaban J connectivity index is 1.53. The Kier molecular flexibility index (Phi) is 6.35. The van der Waals surface area contributed by atoms with E-state index in [1.54, 1.807) is 6.20 Å². The fourth-order valence-electron chi connectivity index (χ4n) is 3.08. The highest BCUT2D eigenvalue weighted by Gasteiger charge is 2.16. The summed E-state index contributed by atoms with van der Waals surface area (Å²) in [6.07, 6.45) is 3.56. The SMILES string of the molecule is Cc1ccc(CSCCNC(=O)c2cc(C)n(-c3cccnc3)c2C)cc1. The Hall–Kier alpha value is -2.53. The van der Waals surface area contributed by atoms with Gasteiger partial charge < -0.3 is 9.88 Å². The fourth-order valence-corrected chi connectivity index (χ4v) is 3.90. The zero-order valence-corrected chi connectivity index (χ0v) is 16.8. The fraction of sp³-hybridized carbons (Fsp3) is 0.273. The molecule has 0 fully saturated rings. The van der Waals surface area contributed by atoms with E-state index in [0.29, 0.717) is 6.54 Å². The molecule has 0 aliphatic carbocycles. The molecule has 2 aromatic heterocycles. The zero-order valence-electron chi connectivity index (χ0n) is 16.0. The molecule has 27 heavy (non-hydrogen) atoms. The van der Waals surface area contributed by atoms with E-state index < -0.39 is 0 Å². The summed E-state index contributed by atoms with van der Waals surface area (Å²) in [7, 11) is 0. The largest absolute Gasteiger partial charge is 0.351 e. The molecule has 1 aromatic carbocycles. The van der Waals surface area contributed by atoms with Crippen molar-refractivity contribution in [2.24, 2.45) is 0 Å². The van der Waals surface area contributed by atoms with Crippen LogP contribution in [0.5, 0.6) is 0 Å². The van der Waals surface area contributed by atoms with Crippen LogP contribution in [0.15, 0.2) is 54.9 Å². The van der Waals surface area contributed by atoms with Gasteiger partial charge in [-0.15, -0.1) is 0 Å². The Morgan fingerprint density at radius 2 is 1.93 bits per heavy atom. The first-order chi connectivity index (χ1) is 13.1. The van der Waals surface area contributed by atoms with Crippen LogP contribution in [0.25, 0.3) is 5.69 Å². The van der Waals surface area contributed by atoms with Crippen LogP contribution in [-0.2, 0) is 5.75 Å². The van der Waals surface area contributed by atoms with Crippen molar-refractivity contribution >= 4 is 17.7 Å². The van der Waals surface area contributed by atoms with Crippen molar-refractivity contribution < 1.29 is 4.79 Å². The highest BCUT2D eigenvalue weighted by atomic mass is 32.2. The number of hydrogen-bond donors (Lipinski definition) is 1. The predicted octanol–water partition coefficient (Wildman–Crippen LogP) is 4.46. The summed E-state index contributed by atoms with van der Waals surface area (Å²) in [6, 6.07) is 14.4. The lowest BCUT2D eigenvalue weighted by Gasteiger charge is -2.09. The van der Waals surface area contributed by atoms with Gasteiger partial charge in [0, 0.05) is 35.6 Å². The van der Waals surface area contributed by atoms with Crippen LogP contribution >= 0.6 is 11.8 Å². The number of pyridine rings is 1. The molecule has 5 heteroatoms. The molecule has 0 bridgehead atoms. The van der Waals surface area contributed by atoms with Crippen molar-refractivity contribution in [1.82, 2.24) is 14.9 Å². The molecule has 0 aliphatic rings. The third-order valence-electron chi connectivity index (χ3n) is 4.50. The van der Waals surface area contributed by atoms with Crippen LogP contribution in [0.1, 0.15) is 32.9 Å². The number of carbonyl (C=O) groups excluding carboxylic acids is 1. The number of nitrogens with one attached hydrogen (secondary N) is 1. The summed E-state index contributed by atoms with van der Waals surface area (Å²) in [6.45, 7) is 6.74. The minimum Gasteiger partial charge on any atom is -0.351 e. The van der Waals surface area contributed by atoms with E-state index in [1.165, 1.54) is 11.1 Å². The maximum absolute atomic E-state index is 12.6. The number of aromatic nitrogens is 2. The minimum atomic E-state index is -0.0193. The average Bonchev–Trinajstić information content (AvgIpc) is 2.98. The topological polar surface area (TPSA) is 46.9 Å². The van der Waals surface area contributed by atoms with Gasteiger partial charge in [0.2, 0.25) is 0 Å². The molecule has 0 radical (unpaired) electrons. The molecule has 0 atom stereocenters. The molecule has 140 valence electrons. The summed E-state index contributed by atoms with van der Waals surface area (Å²) in [5, 5.41) is 3.04. The van der Waals surface area contributed by atoms with Crippen LogP contribution in [0, 0.1) is 20.8 Å². The van der Waals surface area contributed by atoms with Gasteiger partial charge in [0.05, 0.1) is 17.4 Å². The molecule has 4 nitrogen and oxygen atoms in total. The molecule has 2 heterocycles. The highest BCUT2D eigenvalue weighted by Crippen LogP contribution is 2.20. The van der Waals surface area contributed by atoms with Gasteiger partial charge in [0.25, 0.3) is 5.91 Å². The van der Waals surface area contributed by atoms with E-state index in [2.05, 4.69) is 46.1 Å². The number of rotatable bonds is 7. The van der Waals surface area contributed by atoms with E-state index in [4.69, 9.17) is 0 Å². The van der Waals surface area contributed by atoms with Gasteiger partial charge >= 0.3 is 0 Å². The quantitative estimate of drug-likeness (QED) is 0.617. The zero-order chi connectivity index (χ0) is 19.2. The number of hydrogen-bond acceptors (Lipinski definition) is 3. The minimum absolute atomic E-state index is 0.0193. The van der Waals surface area contributed by atoms with Crippen LogP contribution in [-0.4, -0.2) is 27.8 Å². The summed E-state index contributed by atoms with van der Waals surface area (Å²) in [4.78, 5) is 16.8. The van der Waals surface area contributed by atoms with Crippen LogP contribution < -0.4 is 5.32 Å². The molecule has 1 amide bonds. The van der Waals surface area contributed by atoms with Crippen molar-refractivity contribution in [2.45, 2.75) is 26.5 Å². The lowest BCUT2D eigenvalue weighted by atomic mass is 10.2. The number of thioether (sulfide) groups is 1. The molecular formula is C22H25N3OS. The van der Waals surface area contributed by atoms with Gasteiger partial charge in [-0.1, -0.05) is 29.8 Å². The highest BCUT2D eigenvalue weighted by molar-refractivity contribution is 7.98. The second-order valence-electron chi connectivity index (χ2n) is 6.63. The smallest absolute Gasteiger partial charge is 0.253 e. The van der Waals surface area contributed by atoms with Gasteiger partial charge in [-0.2, -0.15) is 11.8 Å². The van der Waals surface area contributed by atoms with E-state index in [-0.39, 0.29) is 5.91 Å². The van der Waals surface area contributed by atoms with Crippen LogP contribution in [0.3, 0.4) is 0 Å². The first-order valence-corrected chi connectivity index (χ1v) is 10.2. The summed E-state index contributed by atoms with van der Waals surface area (Å²) >= 11 is 1.83. The van der Waals surface area contributed by atoms with Crippen molar-refractivity contribution in [3.63, 3.8) is 0 Å². The Labute approximate surface area is 165 Å². The van der Waals surface area contributed by atoms with E-state index >= 15 is 0 Å². The van der Waals surface area contributed by atoms with Crippen molar-refractivity contribution in [3.8, 4) is 5.69 Å². The standard InChI is InChI=1S/C22H25N3OS/c1-16-6-8-19(9-7-16)15-27-12-11-24-22(26)21-13-17(2)25(18(21)3)20-5-4-10-23-14-20/h4-10,13-14H,11-12,15H2,1-3H3,(H,24,26). The third kappa shape index (κ3) is 4.80. The summed E-state index contributed by atoms with van der Waals surface area (Å²) in [5.41, 5.74) is 6.25. The Bertz CT molecular complexity index is 901. The Morgan fingerprint density at radius 1 is 1.15 bits per heavy atom. The van der Waals surface area contributed by atoms with Crippen molar-refractivity contribution in [2.75, 3.05) is 12.3 Å². The first-order valence-electron chi connectivity index (χ1n) is 9.07. The van der Waals surface area contributed by atoms with Gasteiger partial charge in [-0.05, 0) is 44.5 Å². The Morgan fingerprint density at radius 3 is 2.63 bits per heavy atom. The van der Waals surface area contributed by atoms with Gasteiger partial charge in [-0.3, -0.25) is 9.78 Å². The van der Waals surface area contributed by atoms with Crippen molar-refractivity contribution in [1.29, 1.82) is 0 Å². The number of benzene rings is 1. The van der Waals surface area contributed by atoms with E-state index in [0.717, 1.165) is 34.1 Å². The molecular weight excluding hydrogens is 354 g/mol. The third-order valence-corrected chi connectivity index (χ3v) is 5.53. The summed E-state index contributed by atoms with van der Waals surface area (Å²) in [5.74, 6) is 1.83. The van der Waals surface area contributed by atoms with Gasteiger partial charge in [0.1, 0.15) is 0 Å². The second kappa shape index (κ2) is 8.91. The molecule has 0 saturated carbocycles. The van der Waals surface area contributed by atoms with Gasteiger partial charge in [0.15, 0.2) is 0 Å².